The number of rotatable bonds is 6. The summed E-state index contributed by atoms with van der Waals surface area (Å²) in [6.07, 6.45) is 0.976. The Balaban J connectivity index is 1.57. The lowest BCUT2D eigenvalue weighted by molar-refractivity contribution is 0.0923. The van der Waals surface area contributed by atoms with Crippen LogP contribution < -0.4 is 10.2 Å². The Morgan fingerprint density at radius 1 is 1.00 bits per heavy atom. The maximum absolute atomic E-state index is 14.1. The molecule has 0 fully saturated rings. The molecule has 5 heteroatoms. The second-order valence-electron chi connectivity index (χ2n) is 8.18. The van der Waals surface area contributed by atoms with Crippen LogP contribution in [0.5, 0.6) is 0 Å². The van der Waals surface area contributed by atoms with Crippen LogP contribution >= 0.6 is 0 Å². The second-order valence-corrected chi connectivity index (χ2v) is 8.18. The van der Waals surface area contributed by atoms with Gasteiger partial charge in [0.2, 0.25) is 0 Å². The van der Waals surface area contributed by atoms with Crippen molar-refractivity contribution in [2.75, 3.05) is 32.1 Å². The zero-order valence-electron chi connectivity index (χ0n) is 18.0. The molecule has 0 aromatic heterocycles. The van der Waals surface area contributed by atoms with Gasteiger partial charge in [0.15, 0.2) is 0 Å². The summed E-state index contributed by atoms with van der Waals surface area (Å²) in [6.45, 7) is 2.15. The molecule has 31 heavy (non-hydrogen) atoms. The highest BCUT2D eigenvalue weighted by Crippen LogP contribution is 2.29. The average Bonchev–Trinajstić information content (AvgIpc) is 2.79. The third kappa shape index (κ3) is 4.78. The zero-order chi connectivity index (χ0) is 21.8. The number of carbonyl (C=O) groups excluding carboxylic acids is 1. The molecule has 1 aliphatic heterocycles. The van der Waals surface area contributed by atoms with E-state index in [-0.39, 0.29) is 17.5 Å². The van der Waals surface area contributed by atoms with Gasteiger partial charge in [-0.2, -0.15) is 0 Å². The van der Waals surface area contributed by atoms with Crippen LogP contribution in [0.1, 0.15) is 33.1 Å². The van der Waals surface area contributed by atoms with Gasteiger partial charge in [-0.15, -0.1) is 0 Å². The van der Waals surface area contributed by atoms with E-state index >= 15 is 0 Å². The van der Waals surface area contributed by atoms with Crippen molar-refractivity contribution in [1.29, 1.82) is 0 Å². The molecule has 1 N–H and O–H groups in total. The van der Waals surface area contributed by atoms with Gasteiger partial charge in [0.05, 0.1) is 11.6 Å². The van der Waals surface area contributed by atoms with Gasteiger partial charge in [0.1, 0.15) is 5.82 Å². The smallest absolute Gasteiger partial charge is 0.254 e. The van der Waals surface area contributed by atoms with E-state index in [1.807, 2.05) is 14.1 Å². The van der Waals surface area contributed by atoms with E-state index in [4.69, 9.17) is 0 Å². The third-order valence-electron chi connectivity index (χ3n) is 5.97. The number of amides is 1. The maximum atomic E-state index is 14.1. The lowest BCUT2D eigenvalue weighted by atomic mass is 9.96. The predicted octanol–water partition coefficient (Wildman–Crippen LogP) is 4.42. The Morgan fingerprint density at radius 3 is 2.39 bits per heavy atom. The van der Waals surface area contributed by atoms with E-state index < -0.39 is 5.82 Å². The van der Waals surface area contributed by atoms with Crippen LogP contribution in [0.2, 0.25) is 0 Å². The van der Waals surface area contributed by atoms with Crippen molar-refractivity contribution in [1.82, 2.24) is 10.2 Å². The number of anilines is 1. The molecule has 0 aliphatic carbocycles. The highest BCUT2D eigenvalue weighted by molar-refractivity contribution is 5.94. The monoisotopic (exact) mass is 417 g/mol. The summed E-state index contributed by atoms with van der Waals surface area (Å²) in [5, 5.41) is 2.97. The van der Waals surface area contributed by atoms with Crippen molar-refractivity contribution >= 4 is 11.6 Å². The molecule has 1 atom stereocenters. The highest BCUT2D eigenvalue weighted by Gasteiger charge is 2.25. The highest BCUT2D eigenvalue weighted by atomic mass is 19.1. The first-order valence-electron chi connectivity index (χ1n) is 10.6. The van der Waals surface area contributed by atoms with Crippen LogP contribution in [0.15, 0.2) is 72.8 Å². The van der Waals surface area contributed by atoms with Crippen molar-refractivity contribution in [2.45, 2.75) is 19.0 Å². The molecular weight excluding hydrogens is 389 g/mol. The van der Waals surface area contributed by atoms with E-state index in [0.29, 0.717) is 6.54 Å². The first kappa shape index (κ1) is 21.1. The largest absolute Gasteiger partial charge is 0.378 e. The molecule has 3 aromatic rings. The summed E-state index contributed by atoms with van der Waals surface area (Å²) in [5.41, 5.74) is 5.05. The summed E-state index contributed by atoms with van der Waals surface area (Å²) in [7, 11) is 4.03. The summed E-state index contributed by atoms with van der Waals surface area (Å²) in [4.78, 5) is 17.1. The number of carbonyl (C=O) groups is 1. The topological polar surface area (TPSA) is 35.6 Å². The van der Waals surface area contributed by atoms with Crippen molar-refractivity contribution < 1.29 is 9.18 Å². The fourth-order valence-electron chi connectivity index (χ4n) is 4.17. The molecule has 4 nitrogen and oxygen atoms in total. The van der Waals surface area contributed by atoms with E-state index in [1.165, 1.54) is 23.3 Å². The van der Waals surface area contributed by atoms with Gasteiger partial charge in [0.25, 0.3) is 5.91 Å². The minimum absolute atomic E-state index is 0.000270. The number of hydrogen-bond acceptors (Lipinski definition) is 3. The maximum Gasteiger partial charge on any atom is 0.254 e. The molecular formula is C26H28FN3O. The Labute approximate surface area is 183 Å². The van der Waals surface area contributed by atoms with Gasteiger partial charge in [0, 0.05) is 39.4 Å². The third-order valence-corrected chi connectivity index (χ3v) is 5.97. The Hall–Kier alpha value is -3.18. The molecule has 0 spiro atoms. The van der Waals surface area contributed by atoms with E-state index in [2.05, 4.69) is 63.6 Å². The van der Waals surface area contributed by atoms with Crippen molar-refractivity contribution in [3.05, 3.63) is 101 Å². The number of nitrogens with zero attached hydrogens (tertiary/aromatic N) is 2. The first-order chi connectivity index (χ1) is 15.0. The van der Waals surface area contributed by atoms with E-state index in [1.54, 1.807) is 12.1 Å². The summed E-state index contributed by atoms with van der Waals surface area (Å²) in [5.74, 6) is -0.885. The van der Waals surface area contributed by atoms with Gasteiger partial charge in [-0.05, 0) is 47.4 Å². The minimum Gasteiger partial charge on any atom is -0.378 e. The number of halogens is 1. The molecule has 3 aromatic carbocycles. The quantitative estimate of drug-likeness (QED) is 0.645. The minimum atomic E-state index is -0.501. The first-order valence-corrected chi connectivity index (χ1v) is 10.6. The molecule has 0 saturated heterocycles. The molecule has 1 unspecified atom stereocenters. The van der Waals surface area contributed by atoms with Crippen LogP contribution in [0, 0.1) is 5.82 Å². The molecule has 1 amide bonds. The van der Waals surface area contributed by atoms with Gasteiger partial charge in [-0.1, -0.05) is 48.5 Å². The average molecular weight is 418 g/mol. The molecule has 160 valence electrons. The van der Waals surface area contributed by atoms with Crippen LogP contribution in [-0.2, 0) is 13.0 Å². The van der Waals surface area contributed by atoms with Crippen molar-refractivity contribution in [3.63, 3.8) is 0 Å². The summed E-state index contributed by atoms with van der Waals surface area (Å²) in [6, 6.07) is 23.0. The van der Waals surface area contributed by atoms with Crippen molar-refractivity contribution in [3.8, 4) is 0 Å². The van der Waals surface area contributed by atoms with E-state index in [9.17, 15) is 9.18 Å². The zero-order valence-corrected chi connectivity index (χ0v) is 18.0. The Morgan fingerprint density at radius 2 is 1.68 bits per heavy atom. The summed E-state index contributed by atoms with van der Waals surface area (Å²) >= 11 is 0. The Kier molecular flexibility index (Phi) is 6.33. The van der Waals surface area contributed by atoms with Gasteiger partial charge in [-0.3, -0.25) is 9.69 Å². The molecule has 1 aliphatic rings. The molecule has 0 saturated carbocycles. The lowest BCUT2D eigenvalue weighted by Crippen LogP contribution is -2.40. The molecule has 1 heterocycles. The number of fused-ring (bicyclic) bond motifs is 1. The fourth-order valence-corrected chi connectivity index (χ4v) is 4.17. The Bertz CT molecular complexity index is 1050. The standard InChI is InChI=1S/C26H28FN3O/c1-29(2)22-13-11-20(12-14-22)25(17-28-26(31)23-9-5-6-10-24(23)27)30-16-15-19-7-3-4-8-21(19)18-30/h3-14,25H,15-18H2,1-2H3,(H,28,31). The molecule has 0 radical (unpaired) electrons. The van der Waals surface area contributed by atoms with Crippen LogP contribution in [0.3, 0.4) is 0 Å². The van der Waals surface area contributed by atoms with Crippen LogP contribution in [0.4, 0.5) is 10.1 Å². The fraction of sp³-hybridized carbons (Fsp3) is 0.269. The molecule has 4 rings (SSSR count). The predicted molar refractivity (Wildman–Crippen MR) is 123 cm³/mol. The van der Waals surface area contributed by atoms with E-state index in [0.717, 1.165) is 30.8 Å². The van der Waals surface area contributed by atoms with Crippen LogP contribution in [-0.4, -0.2) is 38.0 Å². The van der Waals surface area contributed by atoms with Gasteiger partial charge in [-0.25, -0.2) is 4.39 Å². The number of nitrogens with one attached hydrogen (secondary N) is 1. The van der Waals surface area contributed by atoms with Crippen molar-refractivity contribution in [2.24, 2.45) is 0 Å². The van der Waals surface area contributed by atoms with Gasteiger partial charge >= 0.3 is 0 Å². The molecule has 0 bridgehead atoms. The second kappa shape index (κ2) is 9.31. The summed E-state index contributed by atoms with van der Waals surface area (Å²) < 4.78 is 14.1. The normalized spacial score (nSPS) is 14.5. The number of hydrogen-bond donors (Lipinski definition) is 1. The van der Waals surface area contributed by atoms with Crippen LogP contribution in [0.25, 0.3) is 0 Å². The SMILES string of the molecule is CN(C)c1ccc(C(CNC(=O)c2ccccc2F)N2CCc3ccccc3C2)cc1. The number of benzene rings is 3. The lowest BCUT2D eigenvalue weighted by Gasteiger charge is -2.36. The van der Waals surface area contributed by atoms with Gasteiger partial charge < -0.3 is 10.2 Å².